The number of para-hydroxylation sites is 2. The van der Waals surface area contributed by atoms with Crippen LogP contribution in [-0.2, 0) is 19.5 Å². The SMILES string of the molecule is COc1ccccc1Oc1nc(N2CCN(C)CC2)nc2c1CN(Cc1ccsc1)CC2. The Balaban J connectivity index is 1.47. The molecule has 8 heteroatoms. The van der Waals surface area contributed by atoms with Crippen LogP contribution in [0.5, 0.6) is 17.4 Å². The zero-order valence-electron chi connectivity index (χ0n) is 18.7. The number of methoxy groups -OCH3 is 1. The molecular weight excluding hydrogens is 422 g/mol. The molecule has 0 radical (unpaired) electrons. The fourth-order valence-electron chi connectivity index (χ4n) is 4.24. The summed E-state index contributed by atoms with van der Waals surface area (Å²) < 4.78 is 11.9. The van der Waals surface area contributed by atoms with E-state index in [1.54, 1.807) is 18.4 Å². The quantitative estimate of drug-likeness (QED) is 0.567. The highest BCUT2D eigenvalue weighted by atomic mass is 32.1. The minimum atomic E-state index is 0.642. The predicted molar refractivity (Wildman–Crippen MR) is 127 cm³/mol. The van der Waals surface area contributed by atoms with Gasteiger partial charge < -0.3 is 19.3 Å². The van der Waals surface area contributed by atoms with E-state index >= 15 is 0 Å². The third kappa shape index (κ3) is 4.57. The average molecular weight is 452 g/mol. The van der Waals surface area contributed by atoms with Gasteiger partial charge in [-0.05, 0) is 41.6 Å². The van der Waals surface area contributed by atoms with Gasteiger partial charge >= 0.3 is 0 Å². The van der Waals surface area contributed by atoms with Crippen LogP contribution in [0, 0.1) is 0 Å². The summed E-state index contributed by atoms with van der Waals surface area (Å²) in [7, 11) is 3.82. The van der Waals surface area contributed by atoms with Crippen molar-refractivity contribution in [1.82, 2.24) is 19.8 Å². The lowest BCUT2D eigenvalue weighted by atomic mass is 10.1. The van der Waals surface area contributed by atoms with Crippen LogP contribution in [0.2, 0.25) is 0 Å². The number of anilines is 1. The number of hydrogen-bond donors (Lipinski definition) is 0. The average Bonchev–Trinajstić information content (AvgIpc) is 3.33. The Morgan fingerprint density at radius 3 is 2.56 bits per heavy atom. The molecular formula is C24H29N5O2S. The van der Waals surface area contributed by atoms with E-state index in [0.717, 1.165) is 69.4 Å². The number of nitrogens with zero attached hydrogens (tertiary/aromatic N) is 5. The maximum Gasteiger partial charge on any atom is 0.229 e. The summed E-state index contributed by atoms with van der Waals surface area (Å²) in [4.78, 5) is 17.0. The lowest BCUT2D eigenvalue weighted by molar-refractivity contribution is 0.238. The molecule has 1 fully saturated rings. The highest BCUT2D eigenvalue weighted by Gasteiger charge is 2.27. The fraction of sp³-hybridized carbons (Fsp3) is 0.417. The maximum atomic E-state index is 6.40. The molecule has 5 rings (SSSR count). The summed E-state index contributed by atoms with van der Waals surface area (Å²) >= 11 is 1.74. The smallest absolute Gasteiger partial charge is 0.229 e. The largest absolute Gasteiger partial charge is 0.493 e. The Labute approximate surface area is 193 Å². The third-order valence-corrected chi connectivity index (χ3v) is 6.87. The van der Waals surface area contributed by atoms with Gasteiger partial charge in [0.25, 0.3) is 0 Å². The van der Waals surface area contributed by atoms with E-state index in [0.29, 0.717) is 17.4 Å². The number of rotatable bonds is 6. The summed E-state index contributed by atoms with van der Waals surface area (Å²) in [5.41, 5.74) is 3.52. The van der Waals surface area contributed by atoms with E-state index in [2.05, 4.69) is 38.6 Å². The molecule has 0 N–H and O–H groups in total. The number of hydrogen-bond acceptors (Lipinski definition) is 8. The summed E-state index contributed by atoms with van der Waals surface area (Å²) in [6.07, 6.45) is 0.894. The van der Waals surface area contributed by atoms with Crippen molar-refractivity contribution in [2.75, 3.05) is 51.8 Å². The minimum Gasteiger partial charge on any atom is -0.493 e. The minimum absolute atomic E-state index is 0.642. The van der Waals surface area contributed by atoms with Crippen molar-refractivity contribution in [2.45, 2.75) is 19.5 Å². The molecule has 168 valence electrons. The lowest BCUT2D eigenvalue weighted by Crippen LogP contribution is -2.45. The molecule has 2 aliphatic rings. The van der Waals surface area contributed by atoms with Crippen LogP contribution < -0.4 is 14.4 Å². The first kappa shape index (κ1) is 21.2. The van der Waals surface area contributed by atoms with E-state index in [9.17, 15) is 0 Å². The van der Waals surface area contributed by atoms with Gasteiger partial charge in [0.1, 0.15) is 0 Å². The van der Waals surface area contributed by atoms with Crippen LogP contribution >= 0.6 is 11.3 Å². The van der Waals surface area contributed by atoms with Crippen molar-refractivity contribution < 1.29 is 9.47 Å². The van der Waals surface area contributed by atoms with E-state index in [1.807, 2.05) is 24.3 Å². The molecule has 0 amide bonds. The van der Waals surface area contributed by atoms with Crippen LogP contribution in [0.25, 0.3) is 0 Å². The molecule has 32 heavy (non-hydrogen) atoms. The number of benzene rings is 1. The van der Waals surface area contributed by atoms with Crippen LogP contribution in [0.3, 0.4) is 0 Å². The van der Waals surface area contributed by atoms with Gasteiger partial charge in [0.05, 0.1) is 18.4 Å². The molecule has 0 unspecified atom stereocenters. The zero-order valence-corrected chi connectivity index (χ0v) is 19.5. The molecule has 0 aliphatic carbocycles. The molecule has 0 bridgehead atoms. The summed E-state index contributed by atoms with van der Waals surface area (Å²) in [5.74, 6) is 2.79. The fourth-order valence-corrected chi connectivity index (χ4v) is 4.90. The van der Waals surface area contributed by atoms with Gasteiger partial charge in [-0.15, -0.1) is 0 Å². The van der Waals surface area contributed by atoms with Crippen LogP contribution in [0.4, 0.5) is 5.95 Å². The van der Waals surface area contributed by atoms with E-state index in [-0.39, 0.29) is 0 Å². The first-order valence-electron chi connectivity index (χ1n) is 11.1. The molecule has 0 atom stereocenters. The highest BCUT2D eigenvalue weighted by molar-refractivity contribution is 7.07. The Morgan fingerprint density at radius 1 is 1.00 bits per heavy atom. The van der Waals surface area contributed by atoms with E-state index in [1.165, 1.54) is 5.56 Å². The normalized spacial score (nSPS) is 17.2. The molecule has 7 nitrogen and oxygen atoms in total. The van der Waals surface area contributed by atoms with Crippen molar-refractivity contribution in [1.29, 1.82) is 0 Å². The second-order valence-electron chi connectivity index (χ2n) is 8.39. The first-order valence-corrected chi connectivity index (χ1v) is 12.0. The van der Waals surface area contributed by atoms with Crippen molar-refractivity contribution in [3.05, 3.63) is 57.9 Å². The topological polar surface area (TPSA) is 54.0 Å². The maximum absolute atomic E-state index is 6.40. The molecule has 0 spiro atoms. The Morgan fingerprint density at radius 2 is 1.81 bits per heavy atom. The van der Waals surface area contributed by atoms with E-state index in [4.69, 9.17) is 19.4 Å². The van der Waals surface area contributed by atoms with Gasteiger partial charge in [-0.2, -0.15) is 16.3 Å². The van der Waals surface area contributed by atoms with Crippen LogP contribution in [0.15, 0.2) is 41.1 Å². The van der Waals surface area contributed by atoms with Gasteiger partial charge in [0, 0.05) is 52.2 Å². The number of ether oxygens (including phenoxy) is 2. The summed E-state index contributed by atoms with van der Waals surface area (Å²) in [6.45, 7) is 6.56. The Bertz CT molecular complexity index is 1050. The summed E-state index contributed by atoms with van der Waals surface area (Å²) in [6, 6.07) is 9.93. The van der Waals surface area contributed by atoms with Crippen molar-refractivity contribution in [3.63, 3.8) is 0 Å². The lowest BCUT2D eigenvalue weighted by Gasteiger charge is -2.34. The van der Waals surface area contributed by atoms with Gasteiger partial charge in [-0.3, -0.25) is 4.90 Å². The molecule has 2 aromatic heterocycles. The van der Waals surface area contributed by atoms with Gasteiger partial charge in [0.15, 0.2) is 11.5 Å². The van der Waals surface area contributed by atoms with Crippen LogP contribution in [-0.4, -0.2) is 66.6 Å². The number of fused-ring (bicyclic) bond motifs is 1. The molecule has 2 aliphatic heterocycles. The second-order valence-corrected chi connectivity index (χ2v) is 9.17. The number of likely N-dealkylation sites (N-methyl/N-ethyl adjacent to an activating group) is 1. The highest BCUT2D eigenvalue weighted by Crippen LogP contribution is 2.35. The third-order valence-electron chi connectivity index (χ3n) is 6.14. The number of piperazine rings is 1. The standard InChI is InChI=1S/C24H29N5O2S/c1-27-10-12-29(13-11-27)24-25-20-7-9-28(15-18-8-14-32-17-18)16-19(20)23(26-24)31-22-6-4-3-5-21(22)30-2/h3-6,8,14,17H,7,9-13,15-16H2,1-2H3. The monoisotopic (exact) mass is 451 g/mol. The Kier molecular flexibility index (Phi) is 6.25. The Hall–Kier alpha value is -2.68. The molecule has 1 saturated heterocycles. The molecule has 1 aromatic carbocycles. The zero-order chi connectivity index (χ0) is 21.9. The molecule has 4 heterocycles. The summed E-state index contributed by atoms with van der Waals surface area (Å²) in [5, 5.41) is 4.35. The second kappa shape index (κ2) is 9.44. The molecule has 3 aromatic rings. The predicted octanol–water partition coefficient (Wildman–Crippen LogP) is 3.65. The van der Waals surface area contributed by atoms with Crippen molar-refractivity contribution >= 4 is 17.3 Å². The van der Waals surface area contributed by atoms with Gasteiger partial charge in [0.2, 0.25) is 11.8 Å². The number of thiophene rings is 1. The van der Waals surface area contributed by atoms with Crippen LogP contribution in [0.1, 0.15) is 16.8 Å². The van der Waals surface area contributed by atoms with Gasteiger partial charge in [-0.1, -0.05) is 12.1 Å². The van der Waals surface area contributed by atoms with Gasteiger partial charge in [-0.25, -0.2) is 4.98 Å². The molecule has 0 saturated carbocycles. The van der Waals surface area contributed by atoms with Crippen molar-refractivity contribution in [3.8, 4) is 17.4 Å². The number of aromatic nitrogens is 2. The first-order chi connectivity index (χ1) is 15.7. The van der Waals surface area contributed by atoms with Crippen molar-refractivity contribution in [2.24, 2.45) is 0 Å². The van der Waals surface area contributed by atoms with E-state index < -0.39 is 0 Å².